The molecule has 0 aliphatic heterocycles. The van der Waals surface area contributed by atoms with Gasteiger partial charge in [0.15, 0.2) is 0 Å². The molecule has 0 heterocycles. The van der Waals surface area contributed by atoms with Crippen LogP contribution in [0.3, 0.4) is 0 Å². The van der Waals surface area contributed by atoms with Gasteiger partial charge in [0.25, 0.3) is 11.6 Å². The largest absolute Gasteiger partial charge is 0.489 e. The number of ether oxygens (including phenoxy) is 1. The van der Waals surface area contributed by atoms with E-state index in [0.29, 0.717) is 22.9 Å². The Balaban J connectivity index is 1.66. The molecule has 0 aliphatic carbocycles. The van der Waals surface area contributed by atoms with Gasteiger partial charge < -0.3 is 10.1 Å². The molecule has 3 aromatic carbocycles. The van der Waals surface area contributed by atoms with Crippen LogP contribution in [0.5, 0.6) is 5.75 Å². The van der Waals surface area contributed by atoms with E-state index >= 15 is 0 Å². The molecule has 0 bridgehead atoms. The highest BCUT2D eigenvalue weighted by molar-refractivity contribution is 6.30. The van der Waals surface area contributed by atoms with Crippen LogP contribution < -0.4 is 10.1 Å². The Kier molecular flexibility index (Phi) is 6.99. The van der Waals surface area contributed by atoms with Gasteiger partial charge in [0, 0.05) is 22.8 Å². The minimum absolute atomic E-state index is 0.140. The van der Waals surface area contributed by atoms with Gasteiger partial charge in [-0.25, -0.2) is 0 Å². The van der Waals surface area contributed by atoms with Crippen LogP contribution in [0.15, 0.2) is 78.4 Å². The highest BCUT2D eigenvalue weighted by atomic mass is 35.5. The molecule has 0 fully saturated rings. The molecular formula is C23H16ClN3O4. The lowest BCUT2D eigenvalue weighted by Gasteiger charge is -2.07. The molecule has 1 N–H and O–H groups in total. The number of nitrogens with zero attached hydrogens (tertiary/aromatic N) is 2. The van der Waals surface area contributed by atoms with Crippen molar-refractivity contribution in [3.8, 4) is 11.8 Å². The van der Waals surface area contributed by atoms with Gasteiger partial charge in [-0.2, -0.15) is 5.26 Å². The number of benzene rings is 3. The van der Waals surface area contributed by atoms with E-state index in [1.165, 1.54) is 30.3 Å². The quantitative estimate of drug-likeness (QED) is 0.233. The van der Waals surface area contributed by atoms with Gasteiger partial charge in [-0.05, 0) is 47.5 Å². The zero-order chi connectivity index (χ0) is 22.2. The number of halogens is 1. The summed E-state index contributed by atoms with van der Waals surface area (Å²) in [7, 11) is 0. The molecule has 0 aromatic heterocycles. The Hall–Kier alpha value is -4.15. The molecule has 154 valence electrons. The summed E-state index contributed by atoms with van der Waals surface area (Å²) in [6.07, 6.45) is 1.42. The lowest BCUT2D eigenvalue weighted by molar-refractivity contribution is -0.384. The number of anilines is 1. The van der Waals surface area contributed by atoms with E-state index in [4.69, 9.17) is 16.3 Å². The molecule has 3 aromatic rings. The van der Waals surface area contributed by atoms with Gasteiger partial charge in [-0.15, -0.1) is 0 Å². The molecule has 0 saturated carbocycles. The number of hydrogen-bond acceptors (Lipinski definition) is 5. The van der Waals surface area contributed by atoms with Crippen molar-refractivity contribution in [1.82, 2.24) is 0 Å². The van der Waals surface area contributed by atoms with Crippen LogP contribution in [0.4, 0.5) is 11.4 Å². The fourth-order valence-corrected chi connectivity index (χ4v) is 2.88. The Morgan fingerprint density at radius 3 is 2.55 bits per heavy atom. The summed E-state index contributed by atoms with van der Waals surface area (Å²) in [4.78, 5) is 22.7. The summed E-state index contributed by atoms with van der Waals surface area (Å²) in [5, 5.41) is 23.3. The van der Waals surface area contributed by atoms with Crippen LogP contribution in [-0.4, -0.2) is 10.8 Å². The molecule has 0 atom stereocenters. The summed E-state index contributed by atoms with van der Waals surface area (Å²) in [5.74, 6) is -0.0408. The van der Waals surface area contributed by atoms with Crippen LogP contribution >= 0.6 is 11.6 Å². The number of nitro groups is 1. The van der Waals surface area contributed by atoms with Gasteiger partial charge in [0.05, 0.1) is 4.92 Å². The van der Waals surface area contributed by atoms with E-state index < -0.39 is 10.8 Å². The average Bonchev–Trinajstić information content (AvgIpc) is 2.77. The zero-order valence-electron chi connectivity index (χ0n) is 16.1. The van der Waals surface area contributed by atoms with Crippen molar-refractivity contribution in [2.24, 2.45) is 0 Å². The predicted octanol–water partition coefficient (Wildman–Crippen LogP) is 5.37. The summed E-state index contributed by atoms with van der Waals surface area (Å²) in [5.41, 5.74) is 1.49. The first kappa shape index (κ1) is 21.6. The smallest absolute Gasteiger partial charge is 0.271 e. The summed E-state index contributed by atoms with van der Waals surface area (Å²) in [6.45, 7) is 0.352. The highest BCUT2D eigenvalue weighted by Crippen LogP contribution is 2.20. The van der Waals surface area contributed by atoms with Crippen LogP contribution in [0.2, 0.25) is 5.02 Å². The third-order valence-corrected chi connectivity index (χ3v) is 4.40. The van der Waals surface area contributed by atoms with Crippen molar-refractivity contribution in [2.75, 3.05) is 5.32 Å². The standard InChI is InChI=1S/C23H16ClN3O4/c24-19-4-1-3-17(12-19)15-31-22-9-7-16(8-10-22)11-18(14-25)23(28)26-20-5-2-6-21(13-20)27(29)30/h1-13H,15H2,(H,26,28)/b18-11+. The minimum Gasteiger partial charge on any atom is -0.489 e. The third kappa shape index (κ3) is 6.16. The van der Waals surface area contributed by atoms with Crippen molar-refractivity contribution in [1.29, 1.82) is 5.26 Å². The molecule has 8 heteroatoms. The van der Waals surface area contributed by atoms with Gasteiger partial charge in [0.2, 0.25) is 0 Å². The second-order valence-corrected chi connectivity index (χ2v) is 6.86. The molecule has 31 heavy (non-hydrogen) atoms. The molecule has 0 saturated heterocycles. The Morgan fingerprint density at radius 2 is 1.87 bits per heavy atom. The van der Waals surface area contributed by atoms with Gasteiger partial charge >= 0.3 is 0 Å². The van der Waals surface area contributed by atoms with E-state index in [1.807, 2.05) is 24.3 Å². The second-order valence-electron chi connectivity index (χ2n) is 6.42. The topological polar surface area (TPSA) is 105 Å². The summed E-state index contributed by atoms with van der Waals surface area (Å²) < 4.78 is 5.71. The highest BCUT2D eigenvalue weighted by Gasteiger charge is 2.12. The summed E-state index contributed by atoms with van der Waals surface area (Å²) in [6, 6.07) is 21.6. The number of rotatable bonds is 7. The Labute approximate surface area is 183 Å². The molecule has 3 rings (SSSR count). The van der Waals surface area contributed by atoms with E-state index in [1.54, 1.807) is 30.3 Å². The van der Waals surface area contributed by atoms with E-state index in [0.717, 1.165) is 5.56 Å². The number of nitriles is 1. The van der Waals surface area contributed by atoms with E-state index in [2.05, 4.69) is 5.32 Å². The van der Waals surface area contributed by atoms with Crippen LogP contribution in [-0.2, 0) is 11.4 Å². The number of hydrogen-bond donors (Lipinski definition) is 1. The third-order valence-electron chi connectivity index (χ3n) is 4.17. The number of amides is 1. The maximum absolute atomic E-state index is 12.4. The lowest BCUT2D eigenvalue weighted by Crippen LogP contribution is -2.13. The fourth-order valence-electron chi connectivity index (χ4n) is 2.66. The van der Waals surface area contributed by atoms with Crippen molar-refractivity contribution < 1.29 is 14.5 Å². The molecule has 1 amide bonds. The predicted molar refractivity (Wildman–Crippen MR) is 118 cm³/mol. The van der Waals surface area contributed by atoms with Crippen LogP contribution in [0.1, 0.15) is 11.1 Å². The molecule has 0 radical (unpaired) electrons. The normalized spacial score (nSPS) is 10.8. The monoisotopic (exact) mass is 433 g/mol. The van der Waals surface area contributed by atoms with Gasteiger partial charge in [-0.1, -0.05) is 41.9 Å². The van der Waals surface area contributed by atoms with Crippen molar-refractivity contribution in [3.63, 3.8) is 0 Å². The van der Waals surface area contributed by atoms with Crippen molar-refractivity contribution in [3.05, 3.63) is 105 Å². The molecule has 0 aliphatic rings. The van der Waals surface area contributed by atoms with Crippen molar-refractivity contribution >= 4 is 35.0 Å². The lowest BCUT2D eigenvalue weighted by atomic mass is 10.1. The first-order valence-corrected chi connectivity index (χ1v) is 9.47. The molecule has 7 nitrogen and oxygen atoms in total. The first-order chi connectivity index (χ1) is 14.9. The Morgan fingerprint density at radius 1 is 1.13 bits per heavy atom. The van der Waals surface area contributed by atoms with Crippen LogP contribution in [0.25, 0.3) is 6.08 Å². The van der Waals surface area contributed by atoms with Crippen LogP contribution in [0, 0.1) is 21.4 Å². The zero-order valence-corrected chi connectivity index (χ0v) is 16.9. The number of non-ortho nitro benzene ring substituents is 1. The fraction of sp³-hybridized carbons (Fsp3) is 0.0435. The number of carbonyl (C=O) groups is 1. The molecule has 0 unspecified atom stereocenters. The first-order valence-electron chi connectivity index (χ1n) is 9.09. The second kappa shape index (κ2) is 10.1. The number of carbonyl (C=O) groups excluding carboxylic acids is 1. The number of nitrogens with one attached hydrogen (secondary N) is 1. The average molecular weight is 434 g/mol. The Bertz CT molecular complexity index is 1180. The van der Waals surface area contributed by atoms with Gasteiger partial charge in [-0.3, -0.25) is 14.9 Å². The maximum atomic E-state index is 12.4. The number of nitro benzene ring substituents is 1. The van der Waals surface area contributed by atoms with Gasteiger partial charge in [0.1, 0.15) is 24.0 Å². The van der Waals surface area contributed by atoms with E-state index in [9.17, 15) is 20.2 Å². The maximum Gasteiger partial charge on any atom is 0.271 e. The van der Waals surface area contributed by atoms with E-state index in [-0.39, 0.29) is 16.9 Å². The minimum atomic E-state index is -0.663. The van der Waals surface area contributed by atoms with Crippen molar-refractivity contribution in [2.45, 2.75) is 6.61 Å². The molecule has 0 spiro atoms. The SMILES string of the molecule is N#C/C(=C\c1ccc(OCc2cccc(Cl)c2)cc1)C(=O)Nc1cccc([N+](=O)[O-])c1. The summed E-state index contributed by atoms with van der Waals surface area (Å²) >= 11 is 5.96. The molecular weight excluding hydrogens is 418 g/mol.